The maximum atomic E-state index is 5.78. The molecule has 1 unspecified atom stereocenters. The molecule has 28 heavy (non-hydrogen) atoms. The molecule has 0 aliphatic carbocycles. The van der Waals surface area contributed by atoms with Gasteiger partial charge in [-0.1, -0.05) is 71.4 Å². The summed E-state index contributed by atoms with van der Waals surface area (Å²) in [4.78, 5) is 0. The number of azo groups is 1. The summed E-state index contributed by atoms with van der Waals surface area (Å²) in [5.41, 5.74) is 3.12. The molecule has 3 heteroatoms. The van der Waals surface area contributed by atoms with Crippen molar-refractivity contribution in [1.29, 1.82) is 0 Å². The highest BCUT2D eigenvalue weighted by atomic mass is 16.5. The Morgan fingerprint density at radius 2 is 1.32 bits per heavy atom. The molecule has 0 spiro atoms. The van der Waals surface area contributed by atoms with E-state index >= 15 is 0 Å². The minimum Gasteiger partial charge on any atom is -0.493 e. The van der Waals surface area contributed by atoms with Gasteiger partial charge in [-0.2, -0.15) is 10.2 Å². The fourth-order valence-electron chi connectivity index (χ4n) is 2.92. The Hall–Kier alpha value is -2.16. The van der Waals surface area contributed by atoms with Gasteiger partial charge in [0.2, 0.25) is 0 Å². The first kappa shape index (κ1) is 22.1. The summed E-state index contributed by atoms with van der Waals surface area (Å²) in [6.45, 7) is 7.39. The van der Waals surface area contributed by atoms with Gasteiger partial charge in [0.1, 0.15) is 5.75 Å². The topological polar surface area (TPSA) is 34.0 Å². The third kappa shape index (κ3) is 8.69. The number of benzene rings is 2. The largest absolute Gasteiger partial charge is 0.493 e. The van der Waals surface area contributed by atoms with Crippen LogP contribution in [0, 0.1) is 5.92 Å². The number of rotatable bonds is 13. The number of hydrogen-bond donors (Lipinski definition) is 0. The lowest BCUT2D eigenvalue weighted by Crippen LogP contribution is -2.06. The highest BCUT2D eigenvalue weighted by Gasteiger charge is 2.01. The molecule has 0 fully saturated rings. The van der Waals surface area contributed by atoms with Gasteiger partial charge in [-0.25, -0.2) is 0 Å². The molecular weight excluding hydrogens is 344 g/mol. The van der Waals surface area contributed by atoms with Crippen molar-refractivity contribution < 1.29 is 4.74 Å². The quantitative estimate of drug-likeness (QED) is 0.253. The zero-order valence-corrected chi connectivity index (χ0v) is 17.9. The van der Waals surface area contributed by atoms with Crippen molar-refractivity contribution in [3.8, 4) is 5.75 Å². The number of hydrogen-bond acceptors (Lipinski definition) is 3. The summed E-state index contributed by atoms with van der Waals surface area (Å²) < 4.78 is 5.78. The monoisotopic (exact) mass is 380 g/mol. The molecular formula is C25H36N2O. The van der Waals surface area contributed by atoms with E-state index in [2.05, 4.69) is 55.3 Å². The summed E-state index contributed by atoms with van der Waals surface area (Å²) in [6, 6.07) is 16.3. The van der Waals surface area contributed by atoms with Crippen LogP contribution in [0.15, 0.2) is 58.8 Å². The van der Waals surface area contributed by atoms with Gasteiger partial charge in [0.25, 0.3) is 0 Å². The number of ether oxygens (including phenoxy) is 1. The van der Waals surface area contributed by atoms with E-state index < -0.39 is 0 Å². The lowest BCUT2D eigenvalue weighted by atomic mass is 10.0. The zero-order chi connectivity index (χ0) is 20.0. The van der Waals surface area contributed by atoms with E-state index in [-0.39, 0.29) is 0 Å². The zero-order valence-electron chi connectivity index (χ0n) is 17.9. The maximum Gasteiger partial charge on any atom is 0.119 e. The van der Waals surface area contributed by atoms with Gasteiger partial charge < -0.3 is 4.74 Å². The van der Waals surface area contributed by atoms with Gasteiger partial charge in [-0.3, -0.25) is 0 Å². The van der Waals surface area contributed by atoms with Crippen molar-refractivity contribution >= 4 is 11.4 Å². The van der Waals surface area contributed by atoms with Crippen LogP contribution in [0.25, 0.3) is 0 Å². The normalized spacial score (nSPS) is 12.4. The molecule has 0 N–H and O–H groups in total. The molecule has 0 bridgehead atoms. The summed E-state index contributed by atoms with van der Waals surface area (Å²) in [7, 11) is 0. The lowest BCUT2D eigenvalue weighted by Gasteiger charge is -2.10. The smallest absolute Gasteiger partial charge is 0.119 e. The summed E-state index contributed by atoms with van der Waals surface area (Å²) in [6.07, 6.45) is 10.3. The van der Waals surface area contributed by atoms with Crippen molar-refractivity contribution in [2.75, 3.05) is 6.61 Å². The fraction of sp³-hybridized carbons (Fsp3) is 0.520. The second-order valence-electron chi connectivity index (χ2n) is 7.70. The van der Waals surface area contributed by atoms with Crippen LogP contribution in [0.3, 0.4) is 0 Å². The molecule has 0 radical (unpaired) electrons. The van der Waals surface area contributed by atoms with Crippen LogP contribution in [-0.4, -0.2) is 6.61 Å². The Balaban J connectivity index is 1.76. The van der Waals surface area contributed by atoms with Gasteiger partial charge >= 0.3 is 0 Å². The van der Waals surface area contributed by atoms with E-state index in [0.717, 1.165) is 36.6 Å². The molecule has 0 aliphatic heterocycles. The predicted molar refractivity (Wildman–Crippen MR) is 119 cm³/mol. The summed E-state index contributed by atoms with van der Waals surface area (Å²) in [5.74, 6) is 1.46. The Morgan fingerprint density at radius 1 is 0.750 bits per heavy atom. The van der Waals surface area contributed by atoms with Crippen molar-refractivity contribution in [3.05, 3.63) is 54.1 Å². The van der Waals surface area contributed by atoms with Crippen LogP contribution in [0.1, 0.15) is 71.3 Å². The second kappa shape index (κ2) is 13.1. The van der Waals surface area contributed by atoms with Crippen LogP contribution in [-0.2, 0) is 6.42 Å². The Kier molecular flexibility index (Phi) is 10.3. The molecule has 2 rings (SSSR count). The van der Waals surface area contributed by atoms with Crippen LogP contribution in [0.4, 0.5) is 11.4 Å². The average Bonchev–Trinajstić information content (AvgIpc) is 2.74. The fourth-order valence-corrected chi connectivity index (χ4v) is 2.92. The van der Waals surface area contributed by atoms with Gasteiger partial charge in [0, 0.05) is 0 Å². The van der Waals surface area contributed by atoms with Crippen molar-refractivity contribution in [3.63, 3.8) is 0 Å². The van der Waals surface area contributed by atoms with E-state index in [1.54, 1.807) is 0 Å². The van der Waals surface area contributed by atoms with Crippen LogP contribution in [0.2, 0.25) is 0 Å². The van der Waals surface area contributed by atoms with Gasteiger partial charge in [-0.15, -0.1) is 0 Å². The van der Waals surface area contributed by atoms with Crippen LogP contribution >= 0.6 is 0 Å². The Morgan fingerprint density at radius 3 is 1.93 bits per heavy atom. The SMILES string of the molecule is CCCCCCCCc1ccc(N=Nc2ccc(OCC(C)CC)cc2)cc1. The van der Waals surface area contributed by atoms with E-state index in [4.69, 9.17) is 4.74 Å². The van der Waals surface area contributed by atoms with E-state index in [1.165, 1.54) is 44.1 Å². The third-order valence-corrected chi connectivity index (χ3v) is 5.10. The minimum absolute atomic E-state index is 0.573. The summed E-state index contributed by atoms with van der Waals surface area (Å²) in [5, 5.41) is 8.68. The molecule has 0 aromatic heterocycles. The van der Waals surface area contributed by atoms with E-state index in [0.29, 0.717) is 5.92 Å². The molecule has 0 saturated carbocycles. The van der Waals surface area contributed by atoms with Gasteiger partial charge in [0.05, 0.1) is 18.0 Å². The standard InChI is InChI=1S/C25H36N2O/c1-4-6-7-8-9-10-11-22-12-14-23(15-13-22)26-27-24-16-18-25(19-17-24)28-20-21(3)5-2/h12-19,21H,4-11,20H2,1-3H3. The first-order valence-electron chi connectivity index (χ1n) is 10.9. The molecule has 0 heterocycles. The molecule has 2 aromatic rings. The van der Waals surface area contributed by atoms with Crippen molar-refractivity contribution in [2.45, 2.75) is 72.1 Å². The molecule has 2 aromatic carbocycles. The highest BCUT2D eigenvalue weighted by Crippen LogP contribution is 2.22. The first-order valence-corrected chi connectivity index (χ1v) is 10.9. The first-order chi connectivity index (χ1) is 13.7. The second-order valence-corrected chi connectivity index (χ2v) is 7.70. The third-order valence-electron chi connectivity index (χ3n) is 5.10. The molecule has 152 valence electrons. The number of unbranched alkanes of at least 4 members (excludes halogenated alkanes) is 5. The van der Waals surface area contributed by atoms with E-state index in [9.17, 15) is 0 Å². The summed E-state index contributed by atoms with van der Waals surface area (Å²) >= 11 is 0. The Labute approximate surface area is 171 Å². The number of nitrogens with zero attached hydrogens (tertiary/aromatic N) is 2. The van der Waals surface area contributed by atoms with Crippen molar-refractivity contribution in [2.24, 2.45) is 16.1 Å². The Bertz CT molecular complexity index is 677. The molecule has 0 saturated heterocycles. The van der Waals surface area contributed by atoms with Crippen LogP contribution in [0.5, 0.6) is 5.75 Å². The number of aryl methyl sites for hydroxylation is 1. The van der Waals surface area contributed by atoms with E-state index in [1.807, 2.05) is 24.3 Å². The lowest BCUT2D eigenvalue weighted by molar-refractivity contribution is 0.256. The molecule has 0 amide bonds. The minimum atomic E-state index is 0.573. The highest BCUT2D eigenvalue weighted by molar-refractivity contribution is 5.43. The predicted octanol–water partition coefficient (Wildman–Crippen LogP) is 8.43. The maximum absolute atomic E-state index is 5.78. The molecule has 0 aliphatic rings. The van der Waals surface area contributed by atoms with Crippen molar-refractivity contribution in [1.82, 2.24) is 0 Å². The van der Waals surface area contributed by atoms with Gasteiger partial charge in [-0.05, 0) is 60.7 Å². The van der Waals surface area contributed by atoms with Crippen LogP contribution < -0.4 is 4.74 Å². The molecule has 3 nitrogen and oxygen atoms in total. The average molecular weight is 381 g/mol. The van der Waals surface area contributed by atoms with Gasteiger partial charge in [0.15, 0.2) is 0 Å². The molecule has 1 atom stereocenters.